The van der Waals surface area contributed by atoms with Gasteiger partial charge in [0.25, 0.3) is 5.82 Å². The van der Waals surface area contributed by atoms with Crippen molar-refractivity contribution in [3.8, 4) is 17.5 Å². The number of benzene rings is 1. The van der Waals surface area contributed by atoms with E-state index < -0.39 is 11.7 Å². The van der Waals surface area contributed by atoms with Gasteiger partial charge in [0.1, 0.15) is 12.4 Å². The number of rotatable bonds is 5. The number of nitrogens with zero attached hydrogens (tertiary/aromatic N) is 6. The van der Waals surface area contributed by atoms with Gasteiger partial charge in [0, 0.05) is 18.5 Å². The molecular formula is C15H11F3N6O. The van der Waals surface area contributed by atoms with Crippen molar-refractivity contribution in [2.24, 2.45) is 0 Å². The van der Waals surface area contributed by atoms with Crippen LogP contribution in [0.5, 0.6) is 0 Å². The van der Waals surface area contributed by atoms with Gasteiger partial charge in [0.2, 0.25) is 11.7 Å². The van der Waals surface area contributed by atoms with Crippen LogP contribution in [0.1, 0.15) is 23.7 Å². The molecule has 2 aromatic heterocycles. The first-order valence-electron chi connectivity index (χ1n) is 7.25. The molecule has 0 unspecified atom stereocenters. The van der Waals surface area contributed by atoms with Crippen molar-refractivity contribution < 1.29 is 17.7 Å². The molecule has 7 nitrogen and oxygen atoms in total. The van der Waals surface area contributed by atoms with Gasteiger partial charge in [-0.2, -0.15) is 23.4 Å². The van der Waals surface area contributed by atoms with E-state index >= 15 is 0 Å². The molecule has 0 radical (unpaired) electrons. The molecule has 0 saturated carbocycles. The largest absolute Gasteiger partial charge is 0.416 e. The number of halogens is 3. The van der Waals surface area contributed by atoms with Gasteiger partial charge in [-0.1, -0.05) is 17.3 Å². The Morgan fingerprint density at radius 1 is 1.28 bits per heavy atom. The first kappa shape index (κ1) is 16.6. The van der Waals surface area contributed by atoms with Crippen LogP contribution in [0.15, 0.2) is 35.1 Å². The van der Waals surface area contributed by atoms with Gasteiger partial charge in [-0.25, -0.2) is 4.98 Å². The average molecular weight is 348 g/mol. The van der Waals surface area contributed by atoms with Crippen LogP contribution in [0, 0.1) is 11.3 Å². The first-order chi connectivity index (χ1) is 12.0. The van der Waals surface area contributed by atoms with E-state index in [4.69, 9.17) is 9.78 Å². The number of hydrogen-bond acceptors (Lipinski definition) is 6. The van der Waals surface area contributed by atoms with E-state index in [1.165, 1.54) is 23.1 Å². The number of aromatic nitrogens is 5. The van der Waals surface area contributed by atoms with E-state index in [0.717, 1.165) is 12.1 Å². The zero-order valence-corrected chi connectivity index (χ0v) is 12.7. The van der Waals surface area contributed by atoms with Crippen LogP contribution in [0.25, 0.3) is 11.4 Å². The Labute approximate surface area is 139 Å². The second-order valence-electron chi connectivity index (χ2n) is 5.14. The molecule has 128 valence electrons. The van der Waals surface area contributed by atoms with Crippen LogP contribution < -0.4 is 0 Å². The molecule has 0 bridgehead atoms. The van der Waals surface area contributed by atoms with E-state index in [1.807, 2.05) is 6.07 Å². The summed E-state index contributed by atoms with van der Waals surface area (Å²) in [5.41, 5.74) is -0.532. The van der Waals surface area contributed by atoms with E-state index in [1.54, 1.807) is 0 Å². The summed E-state index contributed by atoms with van der Waals surface area (Å²) < 4.78 is 44.8. The third-order valence-corrected chi connectivity index (χ3v) is 3.33. The molecule has 3 aromatic rings. The summed E-state index contributed by atoms with van der Waals surface area (Å²) in [6, 6.07) is 6.58. The van der Waals surface area contributed by atoms with E-state index in [9.17, 15) is 13.2 Å². The Kier molecular flexibility index (Phi) is 4.47. The quantitative estimate of drug-likeness (QED) is 0.704. The first-order valence-corrected chi connectivity index (χ1v) is 7.25. The fourth-order valence-electron chi connectivity index (χ4n) is 2.15. The Morgan fingerprint density at radius 3 is 2.84 bits per heavy atom. The highest BCUT2D eigenvalue weighted by Crippen LogP contribution is 2.31. The summed E-state index contributed by atoms with van der Waals surface area (Å²) in [6.07, 6.45) is -1.96. The lowest BCUT2D eigenvalue weighted by atomic mass is 10.1. The molecule has 1 aromatic carbocycles. The van der Waals surface area contributed by atoms with Gasteiger partial charge < -0.3 is 4.52 Å². The monoisotopic (exact) mass is 348 g/mol. The Balaban J connectivity index is 1.63. The molecule has 2 heterocycles. The molecule has 0 spiro atoms. The summed E-state index contributed by atoms with van der Waals surface area (Å²) in [7, 11) is 0. The molecule has 0 atom stereocenters. The highest BCUT2D eigenvalue weighted by Gasteiger charge is 2.30. The Hall–Kier alpha value is -3.22. The van der Waals surface area contributed by atoms with Gasteiger partial charge in [-0.05, 0) is 18.6 Å². The summed E-state index contributed by atoms with van der Waals surface area (Å²) >= 11 is 0. The minimum absolute atomic E-state index is 0.0876. The molecule has 0 amide bonds. The van der Waals surface area contributed by atoms with Crippen LogP contribution >= 0.6 is 0 Å². The second kappa shape index (κ2) is 6.72. The maximum absolute atomic E-state index is 12.7. The highest BCUT2D eigenvalue weighted by molar-refractivity contribution is 5.55. The molecule has 3 rings (SSSR count). The SMILES string of the molecule is N#Cc1ncn(CCCc2nc(-c3cccc(C(F)(F)F)c3)no2)n1. The third-order valence-electron chi connectivity index (χ3n) is 3.33. The summed E-state index contributed by atoms with van der Waals surface area (Å²) in [4.78, 5) is 7.89. The minimum Gasteiger partial charge on any atom is -0.339 e. The zero-order chi connectivity index (χ0) is 17.9. The Morgan fingerprint density at radius 2 is 2.12 bits per heavy atom. The standard InChI is InChI=1S/C15H11F3N6O/c16-15(17,18)11-4-1-3-10(7-11)14-21-13(25-23-14)5-2-6-24-9-20-12(8-19)22-24/h1,3-4,7,9H,2,5-6H2. The zero-order valence-electron chi connectivity index (χ0n) is 12.7. The van der Waals surface area contributed by atoms with Crippen molar-refractivity contribution in [2.45, 2.75) is 25.6 Å². The minimum atomic E-state index is -4.43. The predicted molar refractivity (Wildman–Crippen MR) is 77.8 cm³/mol. The van der Waals surface area contributed by atoms with Crippen LogP contribution in [0.2, 0.25) is 0 Å². The topological polar surface area (TPSA) is 93.4 Å². The summed E-state index contributed by atoms with van der Waals surface area (Å²) in [5.74, 6) is 0.506. The molecule has 10 heteroatoms. The molecule has 0 saturated heterocycles. The second-order valence-corrected chi connectivity index (χ2v) is 5.14. The van der Waals surface area contributed by atoms with Gasteiger partial charge in [-0.3, -0.25) is 4.68 Å². The number of aryl methyl sites for hydroxylation is 2. The predicted octanol–water partition coefficient (Wildman–Crippen LogP) is 2.85. The van der Waals surface area contributed by atoms with Crippen LogP contribution in [0.3, 0.4) is 0 Å². The third kappa shape index (κ3) is 4.00. The van der Waals surface area contributed by atoms with E-state index in [-0.39, 0.29) is 17.2 Å². The number of nitriles is 1. The van der Waals surface area contributed by atoms with Crippen LogP contribution in [0.4, 0.5) is 13.2 Å². The lowest BCUT2D eigenvalue weighted by Gasteiger charge is -2.06. The van der Waals surface area contributed by atoms with Crippen molar-refractivity contribution >= 4 is 0 Å². The number of hydrogen-bond donors (Lipinski definition) is 0. The van der Waals surface area contributed by atoms with Crippen LogP contribution in [-0.2, 0) is 19.1 Å². The van der Waals surface area contributed by atoms with Gasteiger partial charge in [0.15, 0.2) is 0 Å². The van der Waals surface area contributed by atoms with E-state index in [0.29, 0.717) is 25.3 Å². The van der Waals surface area contributed by atoms with Crippen LogP contribution in [-0.4, -0.2) is 24.9 Å². The molecule has 0 aliphatic heterocycles. The van der Waals surface area contributed by atoms with Crippen molar-refractivity contribution in [1.82, 2.24) is 24.9 Å². The smallest absolute Gasteiger partial charge is 0.339 e. The molecule has 0 aliphatic carbocycles. The fraction of sp³-hybridized carbons (Fsp3) is 0.267. The van der Waals surface area contributed by atoms with Crippen molar-refractivity contribution in [3.05, 3.63) is 47.9 Å². The maximum Gasteiger partial charge on any atom is 0.416 e. The normalized spacial score (nSPS) is 11.4. The van der Waals surface area contributed by atoms with Gasteiger partial charge in [-0.15, -0.1) is 5.10 Å². The maximum atomic E-state index is 12.7. The average Bonchev–Trinajstić information content (AvgIpc) is 3.24. The van der Waals surface area contributed by atoms with Crippen molar-refractivity contribution in [1.29, 1.82) is 5.26 Å². The van der Waals surface area contributed by atoms with E-state index in [2.05, 4.69) is 20.2 Å². The van der Waals surface area contributed by atoms with Crippen molar-refractivity contribution in [3.63, 3.8) is 0 Å². The lowest BCUT2D eigenvalue weighted by molar-refractivity contribution is -0.137. The van der Waals surface area contributed by atoms with Gasteiger partial charge >= 0.3 is 6.18 Å². The van der Waals surface area contributed by atoms with Gasteiger partial charge in [0.05, 0.1) is 5.56 Å². The molecule has 0 N–H and O–H groups in total. The molecule has 0 aliphatic rings. The highest BCUT2D eigenvalue weighted by atomic mass is 19.4. The molecule has 25 heavy (non-hydrogen) atoms. The molecule has 0 fully saturated rings. The fourth-order valence-corrected chi connectivity index (χ4v) is 2.15. The molecular weight excluding hydrogens is 337 g/mol. The van der Waals surface area contributed by atoms with Crippen molar-refractivity contribution in [2.75, 3.05) is 0 Å². The lowest BCUT2D eigenvalue weighted by Crippen LogP contribution is -2.04. The Bertz CT molecular complexity index is 908. The summed E-state index contributed by atoms with van der Waals surface area (Å²) in [5, 5.41) is 16.3. The number of alkyl halides is 3. The summed E-state index contributed by atoms with van der Waals surface area (Å²) in [6.45, 7) is 0.496.